The molecule has 2 aromatic carbocycles. The van der Waals surface area contributed by atoms with Gasteiger partial charge in [0.2, 0.25) is 6.10 Å². The number of nitrogens with one attached hydrogen (secondary N) is 1. The Kier molecular flexibility index (Phi) is 3.77. The van der Waals surface area contributed by atoms with Crippen molar-refractivity contribution in [3.05, 3.63) is 52.1 Å². The molecule has 1 amide bonds. The second-order valence-corrected chi connectivity index (χ2v) is 5.61. The Hall–Kier alpha value is -1.76. The summed E-state index contributed by atoms with van der Waals surface area (Å²) >= 11 is 2.20. The summed E-state index contributed by atoms with van der Waals surface area (Å²) in [7, 11) is 0. The van der Waals surface area contributed by atoms with Gasteiger partial charge in [0.25, 0.3) is 5.91 Å². The van der Waals surface area contributed by atoms with Gasteiger partial charge in [0.1, 0.15) is 6.61 Å². The number of rotatable bonds is 2. The lowest BCUT2D eigenvalue weighted by molar-refractivity contribution is -0.125. The monoisotopic (exact) mass is 381 g/mol. The van der Waals surface area contributed by atoms with Gasteiger partial charge in [-0.15, -0.1) is 0 Å². The maximum absolute atomic E-state index is 12.2. The van der Waals surface area contributed by atoms with Crippen molar-refractivity contribution in [1.82, 2.24) is 0 Å². The number of para-hydroxylation sites is 2. The molecule has 0 aromatic heterocycles. The van der Waals surface area contributed by atoms with E-state index in [0.717, 1.165) is 9.26 Å². The summed E-state index contributed by atoms with van der Waals surface area (Å²) in [6.45, 7) is 0.215. The van der Waals surface area contributed by atoms with Crippen LogP contribution in [0.5, 0.6) is 11.5 Å². The van der Waals surface area contributed by atoms with Crippen LogP contribution in [0.3, 0.4) is 0 Å². The molecule has 102 valence electrons. The summed E-state index contributed by atoms with van der Waals surface area (Å²) in [5.41, 5.74) is 0.754. The number of ether oxygens (including phenoxy) is 2. The van der Waals surface area contributed by atoms with Crippen LogP contribution in [0, 0.1) is 3.57 Å². The van der Waals surface area contributed by atoms with Gasteiger partial charge in [0.15, 0.2) is 11.5 Å². The number of carbonyl (C=O) groups is 1. The summed E-state index contributed by atoms with van der Waals surface area (Å²) in [6.07, 6.45) is -0.636. The zero-order chi connectivity index (χ0) is 13.9. The first-order valence-corrected chi connectivity index (χ1v) is 7.25. The molecule has 1 heterocycles. The summed E-state index contributed by atoms with van der Waals surface area (Å²) in [4.78, 5) is 12.2. The lowest BCUT2D eigenvalue weighted by Gasteiger charge is -2.25. The minimum Gasteiger partial charge on any atom is -0.485 e. The predicted octanol–water partition coefficient (Wildman–Crippen LogP) is 3.07. The van der Waals surface area contributed by atoms with Crippen LogP contribution in [-0.2, 0) is 4.79 Å². The highest BCUT2D eigenvalue weighted by atomic mass is 127. The summed E-state index contributed by atoms with van der Waals surface area (Å²) in [6, 6.07) is 14.9. The van der Waals surface area contributed by atoms with Gasteiger partial charge in [-0.3, -0.25) is 4.79 Å². The minimum atomic E-state index is -0.636. The van der Waals surface area contributed by atoms with Crippen LogP contribution in [-0.4, -0.2) is 18.6 Å². The maximum atomic E-state index is 12.2. The Morgan fingerprint density at radius 2 is 1.95 bits per heavy atom. The van der Waals surface area contributed by atoms with Gasteiger partial charge in [-0.25, -0.2) is 0 Å². The molecule has 0 aliphatic carbocycles. The Bertz CT molecular complexity index is 645. The first-order chi connectivity index (χ1) is 9.72. The molecule has 20 heavy (non-hydrogen) atoms. The van der Waals surface area contributed by atoms with Crippen molar-refractivity contribution < 1.29 is 14.3 Å². The number of amides is 1. The number of hydrogen-bond donors (Lipinski definition) is 1. The second-order valence-electron chi connectivity index (χ2n) is 4.36. The molecule has 1 atom stereocenters. The van der Waals surface area contributed by atoms with Gasteiger partial charge in [-0.1, -0.05) is 18.2 Å². The van der Waals surface area contributed by atoms with Gasteiger partial charge in [0.05, 0.1) is 0 Å². The van der Waals surface area contributed by atoms with Gasteiger partial charge >= 0.3 is 0 Å². The quantitative estimate of drug-likeness (QED) is 0.814. The molecule has 2 aromatic rings. The van der Waals surface area contributed by atoms with E-state index in [4.69, 9.17) is 9.47 Å². The molecule has 1 N–H and O–H groups in total. The van der Waals surface area contributed by atoms with Crippen molar-refractivity contribution in [1.29, 1.82) is 0 Å². The molecule has 0 saturated heterocycles. The lowest BCUT2D eigenvalue weighted by Crippen LogP contribution is -2.40. The highest BCUT2D eigenvalue weighted by Gasteiger charge is 2.27. The smallest absolute Gasteiger partial charge is 0.269 e. The third-order valence-corrected chi connectivity index (χ3v) is 3.56. The third-order valence-electron chi connectivity index (χ3n) is 2.89. The third kappa shape index (κ3) is 2.87. The maximum Gasteiger partial charge on any atom is 0.269 e. The molecule has 0 radical (unpaired) electrons. The van der Waals surface area contributed by atoms with Crippen molar-refractivity contribution in [3.8, 4) is 11.5 Å². The summed E-state index contributed by atoms with van der Waals surface area (Å²) in [5.74, 6) is 1.06. The molecule has 0 spiro atoms. The van der Waals surface area contributed by atoms with E-state index in [1.54, 1.807) is 6.07 Å². The van der Waals surface area contributed by atoms with Crippen LogP contribution in [0.1, 0.15) is 0 Å². The normalized spacial score (nSPS) is 16.6. The topological polar surface area (TPSA) is 47.6 Å². The lowest BCUT2D eigenvalue weighted by atomic mass is 10.2. The number of hydrogen-bond acceptors (Lipinski definition) is 3. The van der Waals surface area contributed by atoms with Gasteiger partial charge in [-0.05, 0) is 52.9 Å². The van der Waals surface area contributed by atoms with Crippen molar-refractivity contribution >= 4 is 34.2 Å². The first kappa shape index (κ1) is 13.2. The highest BCUT2D eigenvalue weighted by Crippen LogP contribution is 2.31. The molecule has 0 unspecified atom stereocenters. The zero-order valence-electron chi connectivity index (χ0n) is 10.5. The van der Waals surface area contributed by atoms with Crippen molar-refractivity contribution in [3.63, 3.8) is 0 Å². The van der Waals surface area contributed by atoms with Crippen LogP contribution in [0.25, 0.3) is 0 Å². The molecular weight excluding hydrogens is 369 g/mol. The molecule has 5 heteroatoms. The highest BCUT2D eigenvalue weighted by molar-refractivity contribution is 14.1. The fourth-order valence-corrected chi connectivity index (χ4v) is 2.48. The number of fused-ring (bicyclic) bond motifs is 1. The van der Waals surface area contributed by atoms with E-state index < -0.39 is 6.10 Å². The predicted molar refractivity (Wildman–Crippen MR) is 84.1 cm³/mol. The second kappa shape index (κ2) is 5.70. The molecule has 1 aliphatic heterocycles. The van der Waals surface area contributed by atoms with Crippen molar-refractivity contribution in [2.45, 2.75) is 6.10 Å². The Morgan fingerprint density at radius 3 is 2.75 bits per heavy atom. The number of benzene rings is 2. The first-order valence-electron chi connectivity index (χ1n) is 6.17. The Morgan fingerprint density at radius 1 is 1.15 bits per heavy atom. The van der Waals surface area contributed by atoms with E-state index in [0.29, 0.717) is 11.5 Å². The van der Waals surface area contributed by atoms with Crippen molar-refractivity contribution in [2.75, 3.05) is 11.9 Å². The van der Waals surface area contributed by atoms with E-state index in [1.807, 2.05) is 42.5 Å². The van der Waals surface area contributed by atoms with Gasteiger partial charge < -0.3 is 14.8 Å². The summed E-state index contributed by atoms with van der Waals surface area (Å²) in [5, 5.41) is 2.83. The van der Waals surface area contributed by atoms with Gasteiger partial charge in [-0.2, -0.15) is 0 Å². The standard InChI is InChI=1S/C15H12INO3/c16-10-4-3-5-11(8-10)17-15(18)14-9-19-12-6-1-2-7-13(12)20-14/h1-8,14H,9H2,(H,17,18)/t14-/m0/s1. The average Bonchev–Trinajstić information content (AvgIpc) is 2.47. The minimum absolute atomic E-state index is 0.207. The molecule has 3 rings (SSSR count). The van der Waals surface area contributed by atoms with E-state index in [9.17, 15) is 4.79 Å². The SMILES string of the molecule is O=C(Nc1cccc(I)c1)[C@@H]1COc2ccccc2O1. The molecule has 0 fully saturated rings. The van der Waals surface area contributed by atoms with Crippen LogP contribution in [0.4, 0.5) is 5.69 Å². The summed E-state index contributed by atoms with van der Waals surface area (Å²) < 4.78 is 12.3. The fraction of sp³-hybridized carbons (Fsp3) is 0.133. The number of halogens is 1. The molecule has 4 nitrogen and oxygen atoms in total. The zero-order valence-corrected chi connectivity index (χ0v) is 12.7. The van der Waals surface area contributed by atoms with E-state index in [2.05, 4.69) is 27.9 Å². The van der Waals surface area contributed by atoms with Crippen LogP contribution >= 0.6 is 22.6 Å². The van der Waals surface area contributed by atoms with E-state index in [1.165, 1.54) is 0 Å². The van der Waals surface area contributed by atoms with E-state index >= 15 is 0 Å². The molecular formula is C15H12INO3. The van der Waals surface area contributed by atoms with Crippen LogP contribution < -0.4 is 14.8 Å². The molecule has 0 bridgehead atoms. The Balaban J connectivity index is 1.70. The van der Waals surface area contributed by atoms with Gasteiger partial charge in [0, 0.05) is 9.26 Å². The molecule has 0 saturated carbocycles. The van der Waals surface area contributed by atoms with Crippen LogP contribution in [0.15, 0.2) is 48.5 Å². The van der Waals surface area contributed by atoms with Crippen molar-refractivity contribution in [2.24, 2.45) is 0 Å². The largest absolute Gasteiger partial charge is 0.485 e. The number of carbonyl (C=O) groups excluding carboxylic acids is 1. The van der Waals surface area contributed by atoms with E-state index in [-0.39, 0.29) is 12.5 Å². The number of anilines is 1. The fourth-order valence-electron chi connectivity index (χ4n) is 1.94. The van der Waals surface area contributed by atoms with Crippen LogP contribution in [0.2, 0.25) is 0 Å². The molecule has 1 aliphatic rings. The Labute approximate surface area is 130 Å². The average molecular weight is 381 g/mol.